The minimum absolute atomic E-state index is 0.0427. The van der Waals surface area contributed by atoms with Crippen LogP contribution in [0.2, 0.25) is 0 Å². The van der Waals surface area contributed by atoms with Crippen molar-refractivity contribution in [2.24, 2.45) is 5.92 Å². The lowest BCUT2D eigenvalue weighted by Crippen LogP contribution is -2.42. The van der Waals surface area contributed by atoms with Gasteiger partial charge in [0.25, 0.3) is 0 Å². The Labute approximate surface area is 90.6 Å². The number of hydrogen-bond acceptors (Lipinski definition) is 3. The van der Waals surface area contributed by atoms with Crippen molar-refractivity contribution >= 4 is 5.91 Å². The molecule has 0 aliphatic carbocycles. The Balaban J connectivity index is 2.43. The van der Waals surface area contributed by atoms with Crippen LogP contribution in [0.1, 0.15) is 33.1 Å². The second-order valence-electron chi connectivity index (χ2n) is 4.03. The zero-order valence-corrected chi connectivity index (χ0v) is 9.32. The highest BCUT2D eigenvalue weighted by atomic mass is 16.5. The number of carbonyl (C=O) groups excluding carboxylic acids is 1. The molecule has 0 saturated carbocycles. The number of nitrogens with zero attached hydrogens (tertiary/aromatic N) is 1. The Hall–Kier alpha value is -1.08. The number of ether oxygens (including phenoxy) is 1. The molecule has 1 N–H and O–H groups in total. The number of rotatable bonds is 4. The highest BCUT2D eigenvalue weighted by Crippen LogP contribution is 2.20. The zero-order chi connectivity index (χ0) is 11.3. The number of amides is 1. The number of nitrogens with one attached hydrogen (secondary N) is 1. The maximum atomic E-state index is 11.8. The number of nitriles is 1. The summed E-state index contributed by atoms with van der Waals surface area (Å²) in [5.74, 6) is 0.215. The van der Waals surface area contributed by atoms with Crippen molar-refractivity contribution < 1.29 is 9.53 Å². The van der Waals surface area contributed by atoms with Gasteiger partial charge in [-0.25, -0.2) is 0 Å². The van der Waals surface area contributed by atoms with Gasteiger partial charge in [-0.2, -0.15) is 5.26 Å². The number of hydrogen-bond donors (Lipinski definition) is 1. The molecule has 1 heterocycles. The molecule has 0 aromatic rings. The minimum atomic E-state index is -0.322. The second-order valence-corrected chi connectivity index (χ2v) is 4.03. The highest BCUT2D eigenvalue weighted by molar-refractivity contribution is 5.81. The maximum Gasteiger partial charge on any atom is 0.249 e. The van der Waals surface area contributed by atoms with Gasteiger partial charge in [0.2, 0.25) is 5.91 Å². The molecular formula is C11H18N2O2. The maximum absolute atomic E-state index is 11.8. The first-order chi connectivity index (χ1) is 7.19. The summed E-state index contributed by atoms with van der Waals surface area (Å²) in [6.07, 6.45) is 1.76. The summed E-state index contributed by atoms with van der Waals surface area (Å²) in [5, 5.41) is 11.4. The van der Waals surface area contributed by atoms with E-state index in [0.29, 0.717) is 13.0 Å². The summed E-state index contributed by atoms with van der Waals surface area (Å²) in [6.45, 7) is 4.64. The molecule has 0 bridgehead atoms. The molecule has 4 heteroatoms. The molecule has 1 amide bonds. The molecular weight excluding hydrogens is 192 g/mol. The van der Waals surface area contributed by atoms with Gasteiger partial charge < -0.3 is 10.1 Å². The van der Waals surface area contributed by atoms with E-state index in [1.54, 1.807) is 0 Å². The predicted molar refractivity (Wildman–Crippen MR) is 56.0 cm³/mol. The fourth-order valence-corrected chi connectivity index (χ4v) is 1.72. The van der Waals surface area contributed by atoms with Crippen molar-refractivity contribution in [3.8, 4) is 6.07 Å². The van der Waals surface area contributed by atoms with Crippen LogP contribution in [0, 0.1) is 17.2 Å². The molecule has 84 valence electrons. The lowest BCUT2D eigenvalue weighted by atomic mass is 10.0. The van der Waals surface area contributed by atoms with Gasteiger partial charge in [0, 0.05) is 12.6 Å². The van der Waals surface area contributed by atoms with Gasteiger partial charge in [-0.05, 0) is 18.8 Å². The first-order valence-corrected chi connectivity index (χ1v) is 5.48. The first-order valence-electron chi connectivity index (χ1n) is 5.48. The summed E-state index contributed by atoms with van der Waals surface area (Å²) in [5.41, 5.74) is 0. The van der Waals surface area contributed by atoms with Gasteiger partial charge in [-0.15, -0.1) is 0 Å². The molecule has 3 atom stereocenters. The fraction of sp³-hybridized carbons (Fsp3) is 0.818. The van der Waals surface area contributed by atoms with E-state index in [-0.39, 0.29) is 24.0 Å². The Morgan fingerprint density at radius 3 is 2.93 bits per heavy atom. The Kier molecular flexibility index (Phi) is 4.57. The smallest absolute Gasteiger partial charge is 0.249 e. The van der Waals surface area contributed by atoms with Crippen LogP contribution in [0.3, 0.4) is 0 Å². The van der Waals surface area contributed by atoms with Crippen molar-refractivity contribution in [2.45, 2.75) is 45.3 Å². The molecule has 1 saturated heterocycles. The third-order valence-electron chi connectivity index (χ3n) is 2.82. The van der Waals surface area contributed by atoms with Crippen LogP contribution in [-0.4, -0.2) is 24.7 Å². The third-order valence-corrected chi connectivity index (χ3v) is 2.82. The fourth-order valence-electron chi connectivity index (χ4n) is 1.72. The van der Waals surface area contributed by atoms with Gasteiger partial charge in [-0.3, -0.25) is 4.79 Å². The molecule has 0 aromatic heterocycles. The number of carbonyl (C=O) groups is 1. The van der Waals surface area contributed by atoms with Crippen LogP contribution in [-0.2, 0) is 9.53 Å². The van der Waals surface area contributed by atoms with E-state index in [0.717, 1.165) is 12.8 Å². The summed E-state index contributed by atoms with van der Waals surface area (Å²) in [7, 11) is 0. The summed E-state index contributed by atoms with van der Waals surface area (Å²) < 4.78 is 5.36. The summed E-state index contributed by atoms with van der Waals surface area (Å²) in [6, 6.07) is 2.03. The van der Waals surface area contributed by atoms with Crippen LogP contribution < -0.4 is 5.32 Å². The highest BCUT2D eigenvalue weighted by Gasteiger charge is 2.31. The lowest BCUT2D eigenvalue weighted by Gasteiger charge is -2.19. The van der Waals surface area contributed by atoms with Gasteiger partial charge in [-0.1, -0.05) is 13.8 Å². The van der Waals surface area contributed by atoms with Crippen molar-refractivity contribution in [2.75, 3.05) is 6.61 Å². The van der Waals surface area contributed by atoms with Crippen LogP contribution in [0.15, 0.2) is 0 Å². The van der Waals surface area contributed by atoms with Crippen molar-refractivity contribution in [1.29, 1.82) is 5.26 Å². The molecule has 0 spiro atoms. The van der Waals surface area contributed by atoms with Crippen LogP contribution in [0.25, 0.3) is 0 Å². The lowest BCUT2D eigenvalue weighted by molar-refractivity contribution is -0.132. The van der Waals surface area contributed by atoms with E-state index in [2.05, 4.69) is 11.4 Å². The molecule has 0 radical (unpaired) electrons. The van der Waals surface area contributed by atoms with E-state index < -0.39 is 0 Å². The molecule has 3 unspecified atom stereocenters. The Bertz CT molecular complexity index is 260. The normalized spacial score (nSPS) is 27.0. The average molecular weight is 210 g/mol. The minimum Gasteiger partial charge on any atom is -0.368 e. The van der Waals surface area contributed by atoms with Gasteiger partial charge >= 0.3 is 0 Å². The second kappa shape index (κ2) is 5.72. The van der Waals surface area contributed by atoms with Crippen molar-refractivity contribution in [3.05, 3.63) is 0 Å². The monoisotopic (exact) mass is 210 g/mol. The first kappa shape index (κ1) is 12.0. The molecule has 0 aromatic carbocycles. The SMILES string of the molecule is CCC(CC#N)NC(=O)C1OCCC1C. The summed E-state index contributed by atoms with van der Waals surface area (Å²) >= 11 is 0. The van der Waals surface area contributed by atoms with Crippen LogP contribution >= 0.6 is 0 Å². The van der Waals surface area contributed by atoms with Crippen molar-refractivity contribution in [1.82, 2.24) is 5.32 Å². The van der Waals surface area contributed by atoms with E-state index in [1.165, 1.54) is 0 Å². The van der Waals surface area contributed by atoms with E-state index in [9.17, 15) is 4.79 Å². The molecule has 1 aliphatic heterocycles. The molecule has 1 rings (SSSR count). The van der Waals surface area contributed by atoms with Gasteiger partial charge in [0.15, 0.2) is 0 Å². The summed E-state index contributed by atoms with van der Waals surface area (Å²) in [4.78, 5) is 11.8. The third kappa shape index (κ3) is 3.21. The quantitative estimate of drug-likeness (QED) is 0.758. The largest absolute Gasteiger partial charge is 0.368 e. The topological polar surface area (TPSA) is 62.1 Å². The average Bonchev–Trinajstić information content (AvgIpc) is 2.63. The Morgan fingerprint density at radius 2 is 2.47 bits per heavy atom. The van der Waals surface area contributed by atoms with Crippen LogP contribution in [0.5, 0.6) is 0 Å². The van der Waals surface area contributed by atoms with Crippen LogP contribution in [0.4, 0.5) is 0 Å². The Morgan fingerprint density at radius 1 is 1.73 bits per heavy atom. The van der Waals surface area contributed by atoms with Gasteiger partial charge in [0.1, 0.15) is 6.10 Å². The van der Waals surface area contributed by atoms with Gasteiger partial charge in [0.05, 0.1) is 12.5 Å². The van der Waals surface area contributed by atoms with E-state index in [1.807, 2.05) is 13.8 Å². The van der Waals surface area contributed by atoms with E-state index >= 15 is 0 Å². The zero-order valence-electron chi connectivity index (χ0n) is 9.32. The molecule has 15 heavy (non-hydrogen) atoms. The standard InChI is InChI=1S/C11H18N2O2/c1-3-9(4-6-12)13-11(14)10-8(2)5-7-15-10/h8-10H,3-5,7H2,1-2H3,(H,13,14). The predicted octanol–water partition coefficient (Wildman–Crippen LogP) is 1.22. The molecule has 4 nitrogen and oxygen atoms in total. The van der Waals surface area contributed by atoms with Crippen molar-refractivity contribution in [3.63, 3.8) is 0 Å². The van der Waals surface area contributed by atoms with E-state index in [4.69, 9.17) is 10.00 Å². The molecule has 1 fully saturated rings. The molecule has 1 aliphatic rings.